The van der Waals surface area contributed by atoms with E-state index in [0.717, 1.165) is 25.9 Å². The van der Waals surface area contributed by atoms with Crippen LogP contribution in [-0.2, 0) is 0 Å². The lowest BCUT2D eigenvalue weighted by Crippen LogP contribution is -2.35. The van der Waals surface area contributed by atoms with Gasteiger partial charge in [-0.2, -0.15) is 0 Å². The Kier molecular flexibility index (Phi) is 3.68. The normalized spacial score (nSPS) is 18.0. The van der Waals surface area contributed by atoms with E-state index in [1.165, 1.54) is 0 Å². The lowest BCUT2D eigenvalue weighted by Gasteiger charge is -2.29. The van der Waals surface area contributed by atoms with Gasteiger partial charge in [0, 0.05) is 19.2 Å². The average molecular weight is 237 g/mol. The summed E-state index contributed by atoms with van der Waals surface area (Å²) in [7, 11) is 3.72. The predicted octanol–water partition coefficient (Wildman–Crippen LogP) is 1.15. The summed E-state index contributed by atoms with van der Waals surface area (Å²) >= 11 is 0. The van der Waals surface area contributed by atoms with Gasteiger partial charge >= 0.3 is 0 Å². The fraction of sp³-hybridized carbons (Fsp3) is 0.583. The smallest absolute Gasteiger partial charge is 0.257 e. The Morgan fingerprint density at radius 1 is 1.41 bits per heavy atom. The summed E-state index contributed by atoms with van der Waals surface area (Å²) in [5, 5.41) is 0. The van der Waals surface area contributed by atoms with Crippen molar-refractivity contribution in [1.82, 2.24) is 9.88 Å². The number of methoxy groups -OCH3 is 1. The van der Waals surface area contributed by atoms with E-state index in [1.807, 2.05) is 0 Å². The largest absolute Gasteiger partial charge is 0.491 e. The van der Waals surface area contributed by atoms with Crippen molar-refractivity contribution in [2.45, 2.75) is 18.9 Å². The number of pyridine rings is 1. The van der Waals surface area contributed by atoms with Crippen molar-refractivity contribution in [1.29, 1.82) is 0 Å². The fourth-order valence-electron chi connectivity index (χ4n) is 1.94. The van der Waals surface area contributed by atoms with E-state index < -0.39 is 0 Å². The van der Waals surface area contributed by atoms with Crippen LogP contribution in [0.3, 0.4) is 0 Å². The quantitative estimate of drug-likeness (QED) is 0.854. The number of ether oxygens (including phenoxy) is 2. The molecule has 0 aromatic carbocycles. The molecule has 5 nitrogen and oxygen atoms in total. The van der Waals surface area contributed by atoms with Crippen LogP contribution in [0.5, 0.6) is 11.6 Å². The first-order valence-electron chi connectivity index (χ1n) is 5.83. The van der Waals surface area contributed by atoms with Gasteiger partial charge in [0.15, 0.2) is 5.75 Å². The molecule has 94 valence electrons. The van der Waals surface area contributed by atoms with Gasteiger partial charge in [-0.15, -0.1) is 0 Å². The number of hydrogen-bond acceptors (Lipinski definition) is 5. The molecular formula is C12H19N3O2. The molecule has 1 aromatic rings. The molecule has 2 rings (SSSR count). The van der Waals surface area contributed by atoms with Gasteiger partial charge in [-0.25, -0.2) is 4.98 Å². The molecule has 1 aliphatic rings. The molecule has 17 heavy (non-hydrogen) atoms. The van der Waals surface area contributed by atoms with Crippen molar-refractivity contribution >= 4 is 5.69 Å². The molecule has 0 bridgehead atoms. The van der Waals surface area contributed by atoms with Crippen LogP contribution in [0.2, 0.25) is 0 Å². The lowest BCUT2D eigenvalue weighted by atomic mass is 10.1. The van der Waals surface area contributed by atoms with Crippen LogP contribution >= 0.6 is 0 Å². The maximum Gasteiger partial charge on any atom is 0.257 e. The molecule has 5 heteroatoms. The van der Waals surface area contributed by atoms with Gasteiger partial charge < -0.3 is 20.1 Å². The molecule has 1 aliphatic heterocycles. The number of likely N-dealkylation sites (tertiary alicyclic amines) is 1. The molecule has 1 saturated heterocycles. The van der Waals surface area contributed by atoms with Crippen LogP contribution in [0.15, 0.2) is 12.3 Å². The molecule has 1 fully saturated rings. The number of anilines is 1. The van der Waals surface area contributed by atoms with Crippen molar-refractivity contribution in [3.05, 3.63) is 12.3 Å². The minimum absolute atomic E-state index is 0.219. The van der Waals surface area contributed by atoms with E-state index in [0.29, 0.717) is 17.3 Å². The highest BCUT2D eigenvalue weighted by Crippen LogP contribution is 2.28. The highest BCUT2D eigenvalue weighted by molar-refractivity contribution is 5.46. The van der Waals surface area contributed by atoms with E-state index in [1.54, 1.807) is 19.4 Å². The van der Waals surface area contributed by atoms with Gasteiger partial charge in [-0.05, 0) is 19.9 Å². The number of hydrogen-bond donors (Lipinski definition) is 1. The summed E-state index contributed by atoms with van der Waals surface area (Å²) < 4.78 is 11.1. The predicted molar refractivity (Wildman–Crippen MR) is 66.3 cm³/mol. The summed E-state index contributed by atoms with van der Waals surface area (Å²) in [6, 6.07) is 1.73. The molecular weight excluding hydrogens is 218 g/mol. The van der Waals surface area contributed by atoms with Gasteiger partial charge in [0.1, 0.15) is 6.10 Å². The Morgan fingerprint density at radius 3 is 2.76 bits per heavy atom. The molecule has 0 saturated carbocycles. The van der Waals surface area contributed by atoms with Gasteiger partial charge in [0.25, 0.3) is 5.88 Å². The third-order valence-electron chi connectivity index (χ3n) is 3.00. The van der Waals surface area contributed by atoms with E-state index >= 15 is 0 Å². The monoisotopic (exact) mass is 237 g/mol. The number of rotatable bonds is 3. The third-order valence-corrected chi connectivity index (χ3v) is 3.00. The number of piperidine rings is 1. The first kappa shape index (κ1) is 12.0. The van der Waals surface area contributed by atoms with Crippen LogP contribution in [0.1, 0.15) is 12.8 Å². The summed E-state index contributed by atoms with van der Waals surface area (Å²) in [6.07, 6.45) is 3.85. The molecule has 0 spiro atoms. The molecule has 0 amide bonds. The molecule has 1 aromatic heterocycles. The summed E-state index contributed by atoms with van der Waals surface area (Å²) in [4.78, 5) is 6.48. The average Bonchev–Trinajstić information content (AvgIpc) is 2.34. The molecule has 0 aliphatic carbocycles. The molecule has 0 radical (unpaired) electrons. The lowest BCUT2D eigenvalue weighted by molar-refractivity contribution is 0.106. The Labute approximate surface area is 102 Å². The first-order chi connectivity index (χ1) is 8.19. The minimum Gasteiger partial charge on any atom is -0.491 e. The first-order valence-corrected chi connectivity index (χ1v) is 5.83. The maximum absolute atomic E-state index is 5.86. The second-order valence-electron chi connectivity index (χ2n) is 4.40. The van der Waals surface area contributed by atoms with E-state index in [4.69, 9.17) is 15.2 Å². The SMILES string of the molecule is COc1cc(N)cnc1OC1CCN(C)CC1. The minimum atomic E-state index is 0.219. The van der Waals surface area contributed by atoms with Crippen LogP contribution in [-0.4, -0.2) is 43.2 Å². The number of nitrogens with zero attached hydrogens (tertiary/aromatic N) is 2. The van der Waals surface area contributed by atoms with Crippen molar-refractivity contribution in [2.75, 3.05) is 33.0 Å². The van der Waals surface area contributed by atoms with Crippen LogP contribution in [0.25, 0.3) is 0 Å². The van der Waals surface area contributed by atoms with Crippen molar-refractivity contribution < 1.29 is 9.47 Å². The Bertz CT molecular complexity index is 376. The highest BCUT2D eigenvalue weighted by Gasteiger charge is 2.20. The van der Waals surface area contributed by atoms with E-state index in [2.05, 4.69) is 16.9 Å². The van der Waals surface area contributed by atoms with Crippen LogP contribution in [0.4, 0.5) is 5.69 Å². The van der Waals surface area contributed by atoms with Crippen molar-refractivity contribution in [3.63, 3.8) is 0 Å². The zero-order chi connectivity index (χ0) is 12.3. The third kappa shape index (κ3) is 3.00. The van der Waals surface area contributed by atoms with E-state index in [9.17, 15) is 0 Å². The second kappa shape index (κ2) is 5.23. The van der Waals surface area contributed by atoms with Crippen molar-refractivity contribution in [2.24, 2.45) is 0 Å². The van der Waals surface area contributed by atoms with Gasteiger partial charge in [0.2, 0.25) is 0 Å². The Hall–Kier alpha value is -1.49. The topological polar surface area (TPSA) is 60.6 Å². The number of nitrogen functional groups attached to an aromatic ring is 1. The summed E-state index contributed by atoms with van der Waals surface area (Å²) in [6.45, 7) is 2.11. The van der Waals surface area contributed by atoms with Gasteiger partial charge in [0.05, 0.1) is 19.0 Å². The molecule has 0 atom stereocenters. The highest BCUT2D eigenvalue weighted by atomic mass is 16.5. The summed E-state index contributed by atoms with van der Waals surface area (Å²) in [5.74, 6) is 1.14. The molecule has 2 heterocycles. The second-order valence-corrected chi connectivity index (χ2v) is 4.40. The Morgan fingerprint density at radius 2 is 2.12 bits per heavy atom. The summed E-state index contributed by atoms with van der Waals surface area (Å²) in [5.41, 5.74) is 6.23. The van der Waals surface area contributed by atoms with Crippen LogP contribution in [0, 0.1) is 0 Å². The zero-order valence-electron chi connectivity index (χ0n) is 10.3. The fourth-order valence-corrected chi connectivity index (χ4v) is 1.94. The Balaban J connectivity index is 2.03. The standard InChI is InChI=1S/C12H19N3O2/c1-15-5-3-10(4-6-15)17-12-11(16-2)7-9(13)8-14-12/h7-8,10H,3-6,13H2,1-2H3. The molecule has 2 N–H and O–H groups in total. The van der Waals surface area contributed by atoms with Crippen LogP contribution < -0.4 is 15.2 Å². The molecule has 0 unspecified atom stereocenters. The number of aromatic nitrogens is 1. The van der Waals surface area contributed by atoms with Gasteiger partial charge in [-0.3, -0.25) is 0 Å². The number of nitrogens with two attached hydrogens (primary N) is 1. The van der Waals surface area contributed by atoms with Gasteiger partial charge in [-0.1, -0.05) is 0 Å². The van der Waals surface area contributed by atoms with E-state index in [-0.39, 0.29) is 6.10 Å². The maximum atomic E-state index is 5.86. The zero-order valence-corrected chi connectivity index (χ0v) is 10.3. The van der Waals surface area contributed by atoms with Crippen molar-refractivity contribution in [3.8, 4) is 11.6 Å².